The van der Waals surface area contributed by atoms with Crippen molar-refractivity contribution in [3.63, 3.8) is 0 Å². The second kappa shape index (κ2) is 10.4. The van der Waals surface area contributed by atoms with Crippen molar-refractivity contribution in [1.29, 1.82) is 0 Å². The van der Waals surface area contributed by atoms with Crippen LogP contribution in [0.5, 0.6) is 0 Å². The molecular formula is C26H26ClN5O2S. The van der Waals surface area contributed by atoms with E-state index in [0.717, 1.165) is 77.2 Å². The van der Waals surface area contributed by atoms with Crippen LogP contribution in [-0.4, -0.2) is 58.7 Å². The second-order valence-electron chi connectivity index (χ2n) is 8.67. The lowest BCUT2D eigenvalue weighted by molar-refractivity contribution is -0.115. The van der Waals surface area contributed by atoms with Crippen LogP contribution >= 0.6 is 23.4 Å². The molecule has 2 fully saturated rings. The molecule has 0 saturated carbocycles. The van der Waals surface area contributed by atoms with Gasteiger partial charge in [-0.15, -0.1) is 0 Å². The van der Waals surface area contributed by atoms with Gasteiger partial charge < -0.3 is 4.90 Å². The third kappa shape index (κ3) is 5.19. The van der Waals surface area contributed by atoms with Crippen molar-refractivity contribution in [2.45, 2.75) is 19.8 Å². The van der Waals surface area contributed by atoms with Gasteiger partial charge in [0.1, 0.15) is 0 Å². The lowest BCUT2D eigenvalue weighted by atomic mass is 10.0. The Bertz CT molecular complexity index is 1320. The summed E-state index contributed by atoms with van der Waals surface area (Å²) in [7, 11) is 0. The minimum atomic E-state index is -0.425. The number of thioether (sulfide) groups is 1. The molecule has 3 aromatic rings. The van der Waals surface area contributed by atoms with Crippen molar-refractivity contribution in [3.05, 3.63) is 58.3 Å². The number of aromatic nitrogens is 2. The maximum atomic E-state index is 11.9. The molecule has 2 aliphatic rings. The van der Waals surface area contributed by atoms with Crippen LogP contribution in [0.4, 0.5) is 10.5 Å². The first-order valence-electron chi connectivity index (χ1n) is 11.8. The molecule has 0 spiro atoms. The maximum Gasteiger partial charge on any atom is 0.290 e. The molecule has 180 valence electrons. The van der Waals surface area contributed by atoms with Gasteiger partial charge in [-0.1, -0.05) is 49.2 Å². The summed E-state index contributed by atoms with van der Waals surface area (Å²) in [6.45, 7) is 7.44. The molecule has 0 unspecified atom stereocenters. The number of fused-ring (bicyclic) bond motifs is 1. The summed E-state index contributed by atoms with van der Waals surface area (Å²) in [5, 5.41) is 3.46. The van der Waals surface area contributed by atoms with Gasteiger partial charge in [-0.25, -0.2) is 9.97 Å². The molecule has 0 atom stereocenters. The number of unbranched alkanes of at least 4 members (excludes halogenated alkanes) is 1. The zero-order valence-electron chi connectivity index (χ0n) is 19.5. The SMILES string of the molecule is CCCCN1CCN(c2ccc(-c3cccc4cnc(C=C5SC(=O)NC5=O)nc34)cc2Cl)CC1. The lowest BCUT2D eigenvalue weighted by Gasteiger charge is -2.36. The number of carbonyl (C=O) groups is 2. The molecule has 0 radical (unpaired) electrons. The summed E-state index contributed by atoms with van der Waals surface area (Å²) in [4.78, 5) is 37.6. The van der Waals surface area contributed by atoms with Gasteiger partial charge in [-0.05, 0) is 42.4 Å². The van der Waals surface area contributed by atoms with E-state index in [1.54, 1.807) is 6.20 Å². The highest BCUT2D eigenvalue weighted by atomic mass is 35.5. The average molecular weight is 508 g/mol. The molecule has 9 heteroatoms. The molecular weight excluding hydrogens is 482 g/mol. The highest BCUT2D eigenvalue weighted by Crippen LogP contribution is 2.34. The Kier molecular flexibility index (Phi) is 7.04. The normalized spacial score (nSPS) is 18.0. The van der Waals surface area contributed by atoms with E-state index in [4.69, 9.17) is 16.6 Å². The predicted molar refractivity (Wildman–Crippen MR) is 143 cm³/mol. The fourth-order valence-corrected chi connectivity index (χ4v) is 5.39. The van der Waals surface area contributed by atoms with Crippen molar-refractivity contribution in [2.24, 2.45) is 0 Å². The molecule has 35 heavy (non-hydrogen) atoms. The van der Waals surface area contributed by atoms with E-state index >= 15 is 0 Å². The molecule has 1 aromatic heterocycles. The number of carbonyl (C=O) groups excluding carboxylic acids is 2. The number of halogens is 1. The first-order chi connectivity index (χ1) is 17.0. The minimum absolute atomic E-state index is 0.286. The Balaban J connectivity index is 1.41. The van der Waals surface area contributed by atoms with E-state index in [1.165, 1.54) is 18.9 Å². The van der Waals surface area contributed by atoms with E-state index in [9.17, 15) is 9.59 Å². The van der Waals surface area contributed by atoms with Gasteiger partial charge in [0, 0.05) is 49.4 Å². The third-order valence-corrected chi connectivity index (χ3v) is 7.44. The molecule has 2 saturated heterocycles. The van der Waals surface area contributed by atoms with Crippen LogP contribution in [0.2, 0.25) is 5.02 Å². The molecule has 3 heterocycles. The Morgan fingerprint density at radius 3 is 2.69 bits per heavy atom. The van der Waals surface area contributed by atoms with Crippen LogP contribution in [0.3, 0.4) is 0 Å². The van der Waals surface area contributed by atoms with Crippen molar-refractivity contribution in [1.82, 2.24) is 20.2 Å². The summed E-state index contributed by atoms with van der Waals surface area (Å²) in [6, 6.07) is 12.1. The van der Waals surface area contributed by atoms with Crippen LogP contribution in [0.1, 0.15) is 25.6 Å². The standard InChI is InChI=1S/C26H26ClN5O2S/c1-2-3-9-31-10-12-32(13-11-31)21-8-7-17(14-20(21)27)19-6-4-5-18-16-28-23(29-24(18)19)15-22-25(33)30-26(34)35-22/h4-8,14-16H,2-3,9-13H2,1H3,(H,30,33,34). The van der Waals surface area contributed by atoms with Gasteiger partial charge in [-0.3, -0.25) is 19.8 Å². The summed E-state index contributed by atoms with van der Waals surface area (Å²) < 4.78 is 0. The number of hydrogen-bond acceptors (Lipinski definition) is 7. The molecule has 5 rings (SSSR count). The zero-order chi connectivity index (χ0) is 24.4. The van der Waals surface area contributed by atoms with Crippen LogP contribution in [0, 0.1) is 0 Å². The Labute approximate surface area is 213 Å². The Morgan fingerprint density at radius 2 is 1.97 bits per heavy atom. The second-order valence-corrected chi connectivity index (χ2v) is 10.1. The van der Waals surface area contributed by atoms with Crippen molar-refractivity contribution >= 4 is 57.2 Å². The average Bonchev–Trinajstić information content (AvgIpc) is 3.18. The van der Waals surface area contributed by atoms with E-state index < -0.39 is 5.91 Å². The topological polar surface area (TPSA) is 78.4 Å². The number of amides is 2. The first-order valence-corrected chi connectivity index (χ1v) is 13.0. The predicted octanol–water partition coefficient (Wildman–Crippen LogP) is 5.20. The van der Waals surface area contributed by atoms with Gasteiger partial charge in [-0.2, -0.15) is 0 Å². The summed E-state index contributed by atoms with van der Waals surface area (Å²) in [6.07, 6.45) is 5.73. The lowest BCUT2D eigenvalue weighted by Crippen LogP contribution is -2.46. The largest absolute Gasteiger partial charge is 0.368 e. The summed E-state index contributed by atoms with van der Waals surface area (Å²) >= 11 is 7.63. The minimum Gasteiger partial charge on any atom is -0.368 e. The third-order valence-electron chi connectivity index (χ3n) is 6.33. The molecule has 0 aliphatic carbocycles. The maximum absolute atomic E-state index is 11.9. The fourth-order valence-electron chi connectivity index (χ4n) is 4.44. The Morgan fingerprint density at radius 1 is 1.14 bits per heavy atom. The number of piperazine rings is 1. The van der Waals surface area contributed by atoms with Crippen molar-refractivity contribution < 1.29 is 9.59 Å². The number of imide groups is 1. The quantitative estimate of drug-likeness (QED) is 0.459. The molecule has 2 aromatic carbocycles. The molecule has 2 aliphatic heterocycles. The number of nitrogens with zero attached hydrogens (tertiary/aromatic N) is 4. The van der Waals surface area contributed by atoms with Crippen molar-refractivity contribution in [3.8, 4) is 11.1 Å². The number of nitrogens with one attached hydrogen (secondary N) is 1. The highest BCUT2D eigenvalue weighted by Gasteiger charge is 2.25. The fraction of sp³-hybridized carbons (Fsp3) is 0.308. The smallest absolute Gasteiger partial charge is 0.290 e. The number of benzene rings is 2. The highest BCUT2D eigenvalue weighted by molar-refractivity contribution is 8.18. The molecule has 7 nitrogen and oxygen atoms in total. The molecule has 2 amide bonds. The van der Waals surface area contributed by atoms with Crippen LogP contribution in [0.25, 0.3) is 28.1 Å². The summed E-state index contributed by atoms with van der Waals surface area (Å²) in [5.41, 5.74) is 3.71. The molecule has 1 N–H and O–H groups in total. The van der Waals surface area contributed by atoms with E-state index in [1.807, 2.05) is 24.3 Å². The number of hydrogen-bond donors (Lipinski definition) is 1. The zero-order valence-corrected chi connectivity index (χ0v) is 21.0. The summed E-state index contributed by atoms with van der Waals surface area (Å²) in [5.74, 6) is -0.0495. The van der Waals surface area contributed by atoms with Gasteiger partial charge >= 0.3 is 0 Å². The van der Waals surface area contributed by atoms with E-state index in [2.05, 4.69) is 39.2 Å². The van der Waals surface area contributed by atoms with Gasteiger partial charge in [0.25, 0.3) is 11.1 Å². The Hall–Kier alpha value is -2.94. The monoisotopic (exact) mass is 507 g/mol. The van der Waals surface area contributed by atoms with Gasteiger partial charge in [0.05, 0.1) is 21.1 Å². The van der Waals surface area contributed by atoms with E-state index in [0.29, 0.717) is 5.82 Å². The molecule has 0 bridgehead atoms. The number of rotatable bonds is 6. The first kappa shape index (κ1) is 23.8. The van der Waals surface area contributed by atoms with Gasteiger partial charge in [0.15, 0.2) is 5.82 Å². The van der Waals surface area contributed by atoms with Crippen LogP contribution < -0.4 is 10.2 Å². The number of anilines is 1. The van der Waals surface area contributed by atoms with Crippen LogP contribution in [0.15, 0.2) is 47.5 Å². The number of para-hydroxylation sites is 1. The van der Waals surface area contributed by atoms with Gasteiger partial charge in [0.2, 0.25) is 0 Å². The van der Waals surface area contributed by atoms with Crippen molar-refractivity contribution in [2.75, 3.05) is 37.6 Å². The van der Waals surface area contributed by atoms with Crippen LogP contribution in [-0.2, 0) is 4.79 Å². The van der Waals surface area contributed by atoms with E-state index in [-0.39, 0.29) is 10.1 Å².